The third kappa shape index (κ3) is 2.72. The number of nitrogens with zero attached hydrogens (tertiary/aromatic N) is 2. The second kappa shape index (κ2) is 5.60. The molecule has 2 unspecified atom stereocenters. The molecule has 21 heavy (non-hydrogen) atoms. The van der Waals surface area contributed by atoms with Gasteiger partial charge in [-0.25, -0.2) is 4.98 Å². The van der Waals surface area contributed by atoms with Crippen molar-refractivity contribution in [3.63, 3.8) is 0 Å². The van der Waals surface area contributed by atoms with Gasteiger partial charge in [-0.15, -0.1) is 0 Å². The Bertz CT molecular complexity index is 687. The first-order chi connectivity index (χ1) is 10.1. The van der Waals surface area contributed by atoms with Gasteiger partial charge in [-0.2, -0.15) is 5.10 Å². The quantitative estimate of drug-likeness (QED) is 0.802. The Morgan fingerprint density at radius 2 is 2.10 bits per heavy atom. The summed E-state index contributed by atoms with van der Waals surface area (Å²) in [6, 6.07) is 0.216. The zero-order chi connectivity index (χ0) is 15.0. The molecule has 0 aromatic carbocycles. The summed E-state index contributed by atoms with van der Waals surface area (Å²) < 4.78 is 0. The van der Waals surface area contributed by atoms with Gasteiger partial charge in [0.05, 0.1) is 5.69 Å². The molecule has 1 aliphatic carbocycles. The molecule has 0 aliphatic heterocycles. The highest BCUT2D eigenvalue weighted by atomic mass is 16.1. The third-order valence-electron chi connectivity index (χ3n) is 4.47. The topological polar surface area (TPSA) is 100 Å². The van der Waals surface area contributed by atoms with Gasteiger partial charge in [0.2, 0.25) is 0 Å². The lowest BCUT2D eigenvalue weighted by molar-refractivity contribution is 0.302. The fourth-order valence-corrected chi connectivity index (χ4v) is 3.22. The second-order valence-electron chi connectivity index (χ2n) is 6.41. The molecule has 4 N–H and O–H groups in total. The summed E-state index contributed by atoms with van der Waals surface area (Å²) in [5.41, 5.74) is 8.08. The van der Waals surface area contributed by atoms with E-state index in [0.29, 0.717) is 17.0 Å². The lowest BCUT2D eigenvalue weighted by Crippen LogP contribution is -2.35. The molecule has 0 radical (unpaired) electrons. The summed E-state index contributed by atoms with van der Waals surface area (Å²) in [5.74, 6) is 1.38. The van der Waals surface area contributed by atoms with Crippen molar-refractivity contribution < 1.29 is 0 Å². The molecular formula is C15H23N5O. The molecule has 114 valence electrons. The molecule has 1 saturated carbocycles. The predicted molar refractivity (Wildman–Crippen MR) is 82.2 cm³/mol. The fourth-order valence-electron chi connectivity index (χ4n) is 3.22. The van der Waals surface area contributed by atoms with Crippen LogP contribution in [0.1, 0.15) is 57.0 Å². The molecule has 2 heterocycles. The molecule has 0 amide bonds. The summed E-state index contributed by atoms with van der Waals surface area (Å²) >= 11 is 0. The van der Waals surface area contributed by atoms with Crippen LogP contribution >= 0.6 is 0 Å². The zero-order valence-electron chi connectivity index (χ0n) is 12.6. The second-order valence-corrected chi connectivity index (χ2v) is 6.41. The highest BCUT2D eigenvalue weighted by Crippen LogP contribution is 2.26. The largest absolute Gasteiger partial charge is 0.327 e. The van der Waals surface area contributed by atoms with E-state index in [9.17, 15) is 4.79 Å². The van der Waals surface area contributed by atoms with Crippen molar-refractivity contribution in [2.45, 2.75) is 57.9 Å². The summed E-state index contributed by atoms with van der Waals surface area (Å²) in [4.78, 5) is 19.7. The molecule has 0 spiro atoms. The molecular weight excluding hydrogens is 266 g/mol. The SMILES string of the molecule is CC(C)c1n[nH]c2c(=O)[nH]c(CC3CCCCC3N)nc12. The Morgan fingerprint density at radius 3 is 2.81 bits per heavy atom. The van der Waals surface area contributed by atoms with Crippen molar-refractivity contribution >= 4 is 11.0 Å². The summed E-state index contributed by atoms with van der Waals surface area (Å²) in [6.45, 7) is 4.10. The van der Waals surface area contributed by atoms with Gasteiger partial charge in [-0.1, -0.05) is 26.7 Å². The molecule has 6 heteroatoms. The van der Waals surface area contributed by atoms with Crippen LogP contribution in [0, 0.1) is 5.92 Å². The van der Waals surface area contributed by atoms with Crippen LogP contribution in [0.15, 0.2) is 4.79 Å². The van der Waals surface area contributed by atoms with Crippen LogP contribution in [0.25, 0.3) is 11.0 Å². The molecule has 1 aliphatic rings. The lowest BCUT2D eigenvalue weighted by Gasteiger charge is -2.28. The van der Waals surface area contributed by atoms with Crippen molar-refractivity contribution in [2.75, 3.05) is 0 Å². The molecule has 0 saturated heterocycles. The first kappa shape index (κ1) is 14.3. The molecule has 0 bridgehead atoms. The maximum absolute atomic E-state index is 12.2. The van der Waals surface area contributed by atoms with E-state index in [1.165, 1.54) is 12.8 Å². The summed E-state index contributed by atoms with van der Waals surface area (Å²) in [5, 5.41) is 7.02. The third-order valence-corrected chi connectivity index (χ3v) is 4.47. The Kier molecular flexibility index (Phi) is 3.80. The standard InChI is InChI=1S/C15H23N5O/c1-8(2)12-13-14(20-19-12)15(21)18-11(17-13)7-9-5-3-4-6-10(9)16/h8-10H,3-7,16H2,1-2H3,(H,19,20)(H,17,18,21). The van der Waals surface area contributed by atoms with Crippen LogP contribution < -0.4 is 11.3 Å². The number of H-pyrrole nitrogens is 2. The smallest absolute Gasteiger partial charge is 0.276 e. The van der Waals surface area contributed by atoms with E-state index in [2.05, 4.69) is 34.0 Å². The van der Waals surface area contributed by atoms with Gasteiger partial charge in [-0.05, 0) is 24.7 Å². The first-order valence-corrected chi connectivity index (χ1v) is 7.79. The summed E-state index contributed by atoms with van der Waals surface area (Å²) in [7, 11) is 0. The number of fused-ring (bicyclic) bond motifs is 1. The van der Waals surface area contributed by atoms with E-state index in [0.717, 1.165) is 30.8 Å². The Labute approximate surface area is 123 Å². The number of rotatable bonds is 3. The van der Waals surface area contributed by atoms with Crippen molar-refractivity contribution in [1.29, 1.82) is 0 Å². The van der Waals surface area contributed by atoms with Crippen LogP contribution in [0.2, 0.25) is 0 Å². The van der Waals surface area contributed by atoms with E-state index in [1.807, 2.05) is 0 Å². The number of aromatic amines is 2. The van der Waals surface area contributed by atoms with Crippen LogP contribution in [0.3, 0.4) is 0 Å². The van der Waals surface area contributed by atoms with Crippen LogP contribution in [0.5, 0.6) is 0 Å². The predicted octanol–water partition coefficient (Wildman–Crippen LogP) is 1.83. The van der Waals surface area contributed by atoms with Crippen molar-refractivity contribution in [1.82, 2.24) is 20.2 Å². The fraction of sp³-hybridized carbons (Fsp3) is 0.667. The van der Waals surface area contributed by atoms with Gasteiger partial charge in [0, 0.05) is 12.5 Å². The van der Waals surface area contributed by atoms with Gasteiger partial charge in [0.15, 0.2) is 0 Å². The average Bonchev–Trinajstić information content (AvgIpc) is 2.86. The van der Waals surface area contributed by atoms with Crippen LogP contribution in [-0.2, 0) is 6.42 Å². The Balaban J connectivity index is 1.95. The van der Waals surface area contributed by atoms with Crippen LogP contribution in [0.4, 0.5) is 0 Å². The Morgan fingerprint density at radius 1 is 1.33 bits per heavy atom. The van der Waals surface area contributed by atoms with E-state index in [4.69, 9.17) is 5.73 Å². The van der Waals surface area contributed by atoms with Gasteiger partial charge in [-0.3, -0.25) is 9.89 Å². The molecule has 6 nitrogen and oxygen atoms in total. The molecule has 1 fully saturated rings. The Hall–Kier alpha value is -1.69. The zero-order valence-corrected chi connectivity index (χ0v) is 12.6. The molecule has 3 rings (SSSR count). The van der Waals surface area contributed by atoms with Crippen molar-refractivity contribution in [3.8, 4) is 0 Å². The van der Waals surface area contributed by atoms with E-state index >= 15 is 0 Å². The summed E-state index contributed by atoms with van der Waals surface area (Å²) in [6.07, 6.45) is 5.36. The van der Waals surface area contributed by atoms with E-state index < -0.39 is 0 Å². The van der Waals surface area contributed by atoms with E-state index in [1.54, 1.807) is 0 Å². The van der Waals surface area contributed by atoms with Gasteiger partial charge in [0.25, 0.3) is 5.56 Å². The van der Waals surface area contributed by atoms with Gasteiger partial charge in [0.1, 0.15) is 16.9 Å². The van der Waals surface area contributed by atoms with Crippen molar-refractivity contribution in [3.05, 3.63) is 21.9 Å². The maximum Gasteiger partial charge on any atom is 0.276 e. The molecule has 2 aromatic heterocycles. The number of hydrogen-bond donors (Lipinski definition) is 3. The van der Waals surface area contributed by atoms with E-state index in [-0.39, 0.29) is 17.5 Å². The minimum absolute atomic E-state index is 0.140. The highest BCUT2D eigenvalue weighted by Gasteiger charge is 2.23. The van der Waals surface area contributed by atoms with Gasteiger partial charge < -0.3 is 10.7 Å². The monoisotopic (exact) mass is 289 g/mol. The minimum Gasteiger partial charge on any atom is -0.327 e. The number of hydrogen-bond acceptors (Lipinski definition) is 4. The molecule has 2 aromatic rings. The molecule has 2 atom stereocenters. The maximum atomic E-state index is 12.2. The number of nitrogens with two attached hydrogens (primary N) is 1. The van der Waals surface area contributed by atoms with Crippen molar-refractivity contribution in [2.24, 2.45) is 11.7 Å². The van der Waals surface area contributed by atoms with Crippen LogP contribution in [-0.4, -0.2) is 26.2 Å². The highest BCUT2D eigenvalue weighted by molar-refractivity contribution is 5.76. The minimum atomic E-state index is -0.140. The number of nitrogens with one attached hydrogen (secondary N) is 2. The first-order valence-electron chi connectivity index (χ1n) is 7.79. The number of aromatic nitrogens is 4. The lowest BCUT2D eigenvalue weighted by atomic mass is 9.83. The normalized spacial score (nSPS) is 23.0. The average molecular weight is 289 g/mol. The van der Waals surface area contributed by atoms with Gasteiger partial charge >= 0.3 is 0 Å².